The Bertz CT molecular complexity index is 470. The number of carbonyl (C=O) groups is 1. The smallest absolute Gasteiger partial charge is 0.136 e. The Morgan fingerprint density at radius 3 is 2.90 bits per heavy atom. The zero-order valence-electron chi connectivity index (χ0n) is 12.3. The van der Waals surface area contributed by atoms with Crippen LogP contribution in [0.5, 0.6) is 5.75 Å². The molecule has 1 saturated carbocycles. The van der Waals surface area contributed by atoms with E-state index in [1.54, 1.807) is 7.11 Å². The number of halogens is 1. The quantitative estimate of drug-likeness (QED) is 0.771. The average molecular weight is 339 g/mol. The van der Waals surface area contributed by atoms with E-state index in [0.717, 1.165) is 47.4 Å². The second-order valence-electron chi connectivity index (χ2n) is 5.75. The van der Waals surface area contributed by atoms with Crippen LogP contribution in [0.25, 0.3) is 0 Å². The zero-order chi connectivity index (χ0) is 14.5. The number of ether oxygens (including phenoxy) is 1. The molecule has 0 N–H and O–H groups in total. The Balaban J connectivity index is 2.11. The molecular weight excluding hydrogens is 316 g/mol. The number of hydrogen-bond acceptors (Lipinski definition) is 2. The van der Waals surface area contributed by atoms with E-state index in [1.807, 2.05) is 12.1 Å². The number of methoxy groups -OCH3 is 1. The summed E-state index contributed by atoms with van der Waals surface area (Å²) in [6.45, 7) is 2.22. The first-order valence-electron chi connectivity index (χ1n) is 7.49. The third kappa shape index (κ3) is 3.85. The van der Waals surface area contributed by atoms with Gasteiger partial charge in [0.15, 0.2) is 0 Å². The molecule has 2 atom stereocenters. The highest BCUT2D eigenvalue weighted by Gasteiger charge is 2.28. The van der Waals surface area contributed by atoms with E-state index in [9.17, 15) is 4.79 Å². The summed E-state index contributed by atoms with van der Waals surface area (Å²) in [4.78, 5) is 12.2. The van der Waals surface area contributed by atoms with Crippen molar-refractivity contribution in [2.75, 3.05) is 7.11 Å². The summed E-state index contributed by atoms with van der Waals surface area (Å²) in [7, 11) is 1.69. The van der Waals surface area contributed by atoms with Crippen molar-refractivity contribution in [2.24, 2.45) is 11.8 Å². The van der Waals surface area contributed by atoms with Gasteiger partial charge in [-0.3, -0.25) is 4.79 Å². The van der Waals surface area contributed by atoms with Crippen LogP contribution in [-0.2, 0) is 11.2 Å². The first kappa shape index (κ1) is 15.6. The fourth-order valence-electron chi connectivity index (χ4n) is 3.24. The van der Waals surface area contributed by atoms with E-state index < -0.39 is 0 Å². The molecule has 1 aromatic rings. The molecule has 0 amide bonds. The molecule has 0 spiro atoms. The molecule has 2 rings (SSSR count). The standard InChI is InChI=1S/C17H23BrO2/c1-3-4-12-5-7-16(19)13(9-12)10-14-11-15(18)6-8-17(14)20-2/h6,8,11-13H,3-5,7,9-10H2,1-2H3. The fourth-order valence-corrected chi connectivity index (χ4v) is 3.65. The lowest BCUT2D eigenvalue weighted by Crippen LogP contribution is -2.26. The predicted molar refractivity (Wildman–Crippen MR) is 85.1 cm³/mol. The second-order valence-corrected chi connectivity index (χ2v) is 6.67. The van der Waals surface area contributed by atoms with Crippen molar-refractivity contribution in [1.29, 1.82) is 0 Å². The summed E-state index contributed by atoms with van der Waals surface area (Å²) in [5, 5.41) is 0. The van der Waals surface area contributed by atoms with Crippen LogP contribution in [-0.4, -0.2) is 12.9 Å². The summed E-state index contributed by atoms with van der Waals surface area (Å²) < 4.78 is 6.46. The van der Waals surface area contributed by atoms with Gasteiger partial charge in [0.1, 0.15) is 11.5 Å². The first-order chi connectivity index (χ1) is 9.63. The Labute approximate surface area is 130 Å². The molecule has 0 aromatic heterocycles. The molecule has 0 radical (unpaired) electrons. The van der Waals surface area contributed by atoms with Gasteiger partial charge in [-0.15, -0.1) is 0 Å². The van der Waals surface area contributed by atoms with Crippen molar-refractivity contribution < 1.29 is 9.53 Å². The molecule has 0 saturated heterocycles. The van der Waals surface area contributed by atoms with Gasteiger partial charge in [-0.1, -0.05) is 35.7 Å². The number of benzene rings is 1. The van der Waals surface area contributed by atoms with Gasteiger partial charge in [0.25, 0.3) is 0 Å². The number of hydrogen-bond donors (Lipinski definition) is 0. The van der Waals surface area contributed by atoms with Crippen LogP contribution in [0.1, 0.15) is 44.6 Å². The van der Waals surface area contributed by atoms with E-state index in [-0.39, 0.29) is 5.92 Å². The molecule has 110 valence electrons. The van der Waals surface area contributed by atoms with Gasteiger partial charge >= 0.3 is 0 Å². The fraction of sp³-hybridized carbons (Fsp3) is 0.588. The zero-order valence-corrected chi connectivity index (χ0v) is 13.9. The van der Waals surface area contributed by atoms with E-state index in [0.29, 0.717) is 5.78 Å². The van der Waals surface area contributed by atoms with Crippen molar-refractivity contribution in [1.82, 2.24) is 0 Å². The summed E-state index contributed by atoms with van der Waals surface area (Å²) >= 11 is 3.50. The van der Waals surface area contributed by atoms with Gasteiger partial charge < -0.3 is 4.74 Å². The Hall–Kier alpha value is -0.830. The van der Waals surface area contributed by atoms with E-state index >= 15 is 0 Å². The maximum Gasteiger partial charge on any atom is 0.136 e. The van der Waals surface area contributed by atoms with Crippen LogP contribution >= 0.6 is 15.9 Å². The van der Waals surface area contributed by atoms with E-state index in [4.69, 9.17) is 4.74 Å². The van der Waals surface area contributed by atoms with Crippen LogP contribution in [0.4, 0.5) is 0 Å². The van der Waals surface area contributed by atoms with Gasteiger partial charge in [-0.05, 0) is 48.9 Å². The third-order valence-electron chi connectivity index (χ3n) is 4.28. The van der Waals surface area contributed by atoms with Crippen molar-refractivity contribution in [3.63, 3.8) is 0 Å². The minimum atomic E-state index is 0.170. The maximum atomic E-state index is 12.2. The monoisotopic (exact) mass is 338 g/mol. The molecule has 1 aromatic carbocycles. The maximum absolute atomic E-state index is 12.2. The highest BCUT2D eigenvalue weighted by molar-refractivity contribution is 9.10. The van der Waals surface area contributed by atoms with Crippen LogP contribution in [0.3, 0.4) is 0 Å². The molecule has 1 aliphatic rings. The molecule has 2 unspecified atom stereocenters. The van der Waals surface area contributed by atoms with Gasteiger partial charge in [0.2, 0.25) is 0 Å². The summed E-state index contributed by atoms with van der Waals surface area (Å²) in [5.41, 5.74) is 1.14. The Morgan fingerprint density at radius 1 is 1.40 bits per heavy atom. The normalized spacial score (nSPS) is 22.9. The molecule has 20 heavy (non-hydrogen) atoms. The summed E-state index contributed by atoms with van der Waals surface area (Å²) in [6, 6.07) is 6.02. The molecular formula is C17H23BrO2. The van der Waals surface area contributed by atoms with Crippen LogP contribution < -0.4 is 4.74 Å². The van der Waals surface area contributed by atoms with Crippen molar-refractivity contribution >= 4 is 21.7 Å². The lowest BCUT2D eigenvalue weighted by Gasteiger charge is -2.28. The SMILES string of the molecule is CCCC1CCC(=O)C(Cc2cc(Br)ccc2OC)C1. The molecule has 0 aliphatic heterocycles. The van der Waals surface area contributed by atoms with Gasteiger partial charge in [-0.2, -0.15) is 0 Å². The second kappa shape index (κ2) is 7.26. The molecule has 1 fully saturated rings. The Morgan fingerprint density at radius 2 is 2.20 bits per heavy atom. The number of Topliss-reactive ketones (excluding diaryl/α,β-unsaturated/α-hetero) is 1. The predicted octanol–water partition coefficient (Wildman–Crippen LogP) is 4.79. The minimum Gasteiger partial charge on any atom is -0.496 e. The molecule has 0 bridgehead atoms. The first-order valence-corrected chi connectivity index (χ1v) is 8.28. The number of rotatable bonds is 5. The largest absolute Gasteiger partial charge is 0.496 e. The van der Waals surface area contributed by atoms with Gasteiger partial charge in [0, 0.05) is 16.8 Å². The van der Waals surface area contributed by atoms with Crippen molar-refractivity contribution in [2.45, 2.75) is 45.4 Å². The van der Waals surface area contributed by atoms with Crippen LogP contribution in [0, 0.1) is 11.8 Å². The van der Waals surface area contributed by atoms with Gasteiger partial charge in [-0.25, -0.2) is 0 Å². The lowest BCUT2D eigenvalue weighted by atomic mass is 9.76. The lowest BCUT2D eigenvalue weighted by molar-refractivity contribution is -0.125. The van der Waals surface area contributed by atoms with Crippen LogP contribution in [0.15, 0.2) is 22.7 Å². The molecule has 0 heterocycles. The topological polar surface area (TPSA) is 26.3 Å². The van der Waals surface area contributed by atoms with E-state index in [1.165, 1.54) is 12.8 Å². The molecule has 3 heteroatoms. The van der Waals surface area contributed by atoms with Gasteiger partial charge in [0.05, 0.1) is 7.11 Å². The molecule has 2 nitrogen and oxygen atoms in total. The van der Waals surface area contributed by atoms with Crippen molar-refractivity contribution in [3.8, 4) is 5.75 Å². The minimum absolute atomic E-state index is 0.170. The third-order valence-corrected chi connectivity index (χ3v) is 4.77. The highest BCUT2D eigenvalue weighted by atomic mass is 79.9. The average Bonchev–Trinajstić information content (AvgIpc) is 2.43. The highest BCUT2D eigenvalue weighted by Crippen LogP contribution is 2.34. The summed E-state index contributed by atoms with van der Waals surface area (Å²) in [6.07, 6.45) is 6.15. The molecule has 1 aliphatic carbocycles. The number of carbonyl (C=O) groups excluding carboxylic acids is 1. The van der Waals surface area contributed by atoms with Crippen LogP contribution in [0.2, 0.25) is 0 Å². The number of ketones is 1. The van der Waals surface area contributed by atoms with Crippen molar-refractivity contribution in [3.05, 3.63) is 28.2 Å². The summed E-state index contributed by atoms with van der Waals surface area (Å²) in [5.74, 6) is 2.21. The Kier molecular flexibility index (Phi) is 5.64. The van der Waals surface area contributed by atoms with E-state index in [2.05, 4.69) is 28.9 Å².